The van der Waals surface area contributed by atoms with E-state index in [2.05, 4.69) is 32.0 Å². The highest BCUT2D eigenvalue weighted by Gasteiger charge is 2.20. The Labute approximate surface area is 200 Å². The summed E-state index contributed by atoms with van der Waals surface area (Å²) in [6.45, 7) is 4.35. The maximum atomic E-state index is 15.3. The van der Waals surface area contributed by atoms with Gasteiger partial charge in [0.05, 0.1) is 0 Å². The summed E-state index contributed by atoms with van der Waals surface area (Å²) in [4.78, 5) is 0. The predicted octanol–water partition coefficient (Wildman–Crippen LogP) is 10.1. The number of rotatable bonds is 10. The second-order valence-corrected chi connectivity index (χ2v) is 10.5. The molecule has 0 aromatic heterocycles. The highest BCUT2D eigenvalue weighted by Crippen LogP contribution is 2.35. The van der Waals surface area contributed by atoms with Gasteiger partial charge in [-0.15, -0.1) is 0 Å². The number of hydrogen-bond acceptors (Lipinski definition) is 0. The van der Waals surface area contributed by atoms with Crippen LogP contribution in [-0.2, 0) is 6.42 Å². The molecular weight excluding hydrogens is 403 g/mol. The first-order valence-electron chi connectivity index (χ1n) is 13.4. The monoisotopic (exact) mass is 444 g/mol. The molecule has 0 atom stereocenters. The van der Waals surface area contributed by atoms with Crippen molar-refractivity contribution in [3.63, 3.8) is 0 Å². The Kier molecular flexibility index (Phi) is 8.59. The topological polar surface area (TPSA) is 0 Å². The number of unbranched alkanes of at least 4 members (excludes halogenated alkanes) is 4. The van der Waals surface area contributed by atoms with Crippen LogP contribution in [0.5, 0.6) is 0 Å². The number of halogens is 1. The van der Waals surface area contributed by atoms with Gasteiger partial charge in [-0.1, -0.05) is 131 Å². The lowest BCUT2D eigenvalue weighted by atomic mass is 9.77. The van der Waals surface area contributed by atoms with E-state index in [0.717, 1.165) is 34.6 Å². The molecule has 3 aromatic rings. The standard InChI is InChI=1S/C32H41F/c1-3-4-5-6-7-8-25-11-13-26(14-12-25)15-16-27-17-21-31-29(23-27)20-22-30(32(31)33)28-18-9-24(2)10-19-28/h9-10,17-23,25-26H,3-8,11-16H2,1-2H3/t25-,26-. The van der Waals surface area contributed by atoms with Crippen molar-refractivity contribution < 1.29 is 4.39 Å². The zero-order chi connectivity index (χ0) is 23.0. The SMILES string of the molecule is CCCCCCC[C@H]1CC[C@H](CCc2ccc3c(F)c(-c4ccc(C)cc4)ccc3c2)CC1. The second kappa shape index (κ2) is 11.8. The van der Waals surface area contributed by atoms with E-state index in [1.54, 1.807) is 0 Å². The molecule has 1 aliphatic carbocycles. The third-order valence-electron chi connectivity index (χ3n) is 7.90. The summed E-state index contributed by atoms with van der Waals surface area (Å²) in [5, 5.41) is 1.75. The molecule has 0 radical (unpaired) electrons. The Morgan fingerprint density at radius 1 is 0.758 bits per heavy atom. The van der Waals surface area contributed by atoms with Crippen molar-refractivity contribution in [2.45, 2.75) is 90.9 Å². The molecule has 0 unspecified atom stereocenters. The predicted molar refractivity (Wildman–Crippen MR) is 141 cm³/mol. The van der Waals surface area contributed by atoms with Gasteiger partial charge >= 0.3 is 0 Å². The van der Waals surface area contributed by atoms with Crippen LogP contribution in [0.1, 0.15) is 88.7 Å². The van der Waals surface area contributed by atoms with Crippen molar-refractivity contribution >= 4 is 10.8 Å². The third-order valence-corrected chi connectivity index (χ3v) is 7.90. The number of benzene rings is 3. The Balaban J connectivity index is 1.29. The van der Waals surface area contributed by atoms with Crippen LogP contribution in [0.3, 0.4) is 0 Å². The molecule has 0 bridgehead atoms. The highest BCUT2D eigenvalue weighted by molar-refractivity contribution is 5.88. The number of hydrogen-bond donors (Lipinski definition) is 0. The largest absolute Gasteiger partial charge is 0.206 e. The fraction of sp³-hybridized carbons (Fsp3) is 0.500. The van der Waals surface area contributed by atoms with E-state index in [-0.39, 0.29) is 5.82 Å². The van der Waals surface area contributed by atoms with E-state index in [9.17, 15) is 0 Å². The molecule has 0 N–H and O–H groups in total. The molecule has 176 valence electrons. The molecule has 0 spiro atoms. The minimum Gasteiger partial charge on any atom is -0.206 e. The van der Waals surface area contributed by atoms with Gasteiger partial charge in [0.25, 0.3) is 0 Å². The molecule has 0 aliphatic heterocycles. The molecule has 0 heterocycles. The first-order chi connectivity index (χ1) is 16.1. The van der Waals surface area contributed by atoms with Crippen molar-refractivity contribution in [1.29, 1.82) is 0 Å². The average Bonchev–Trinajstić information content (AvgIpc) is 2.84. The zero-order valence-corrected chi connectivity index (χ0v) is 20.7. The fourth-order valence-corrected chi connectivity index (χ4v) is 5.67. The van der Waals surface area contributed by atoms with E-state index in [4.69, 9.17) is 0 Å². The van der Waals surface area contributed by atoms with Gasteiger partial charge in [0, 0.05) is 10.9 Å². The van der Waals surface area contributed by atoms with Gasteiger partial charge < -0.3 is 0 Å². The van der Waals surface area contributed by atoms with E-state index in [1.807, 2.05) is 36.4 Å². The van der Waals surface area contributed by atoms with Gasteiger partial charge in [-0.3, -0.25) is 0 Å². The summed E-state index contributed by atoms with van der Waals surface area (Å²) in [7, 11) is 0. The summed E-state index contributed by atoms with van der Waals surface area (Å²) in [5.41, 5.74) is 4.18. The van der Waals surface area contributed by atoms with Gasteiger partial charge in [0.15, 0.2) is 0 Å². The molecule has 4 rings (SSSR count). The average molecular weight is 445 g/mol. The fourth-order valence-electron chi connectivity index (χ4n) is 5.67. The van der Waals surface area contributed by atoms with Gasteiger partial charge in [-0.2, -0.15) is 0 Å². The Hall–Kier alpha value is -2.15. The maximum Gasteiger partial charge on any atom is 0.138 e. The lowest BCUT2D eigenvalue weighted by molar-refractivity contribution is 0.249. The summed E-state index contributed by atoms with van der Waals surface area (Å²) < 4.78 is 15.3. The molecule has 0 amide bonds. The maximum absolute atomic E-state index is 15.3. The second-order valence-electron chi connectivity index (χ2n) is 10.5. The van der Waals surface area contributed by atoms with Crippen molar-refractivity contribution in [3.05, 3.63) is 71.5 Å². The lowest BCUT2D eigenvalue weighted by Crippen LogP contribution is -2.15. The third kappa shape index (κ3) is 6.46. The summed E-state index contributed by atoms with van der Waals surface area (Å²) in [6.07, 6.45) is 16.6. The first-order valence-corrected chi connectivity index (χ1v) is 13.4. The molecule has 33 heavy (non-hydrogen) atoms. The van der Waals surface area contributed by atoms with Crippen LogP contribution < -0.4 is 0 Å². The van der Waals surface area contributed by atoms with Gasteiger partial charge in [0.1, 0.15) is 5.82 Å². The Bertz CT molecular complexity index is 1010. The van der Waals surface area contributed by atoms with Crippen molar-refractivity contribution in [2.75, 3.05) is 0 Å². The minimum atomic E-state index is -0.101. The van der Waals surface area contributed by atoms with Crippen LogP contribution in [0.4, 0.5) is 4.39 Å². The van der Waals surface area contributed by atoms with Gasteiger partial charge in [0.2, 0.25) is 0 Å². The van der Waals surface area contributed by atoms with Crippen LogP contribution in [0.15, 0.2) is 54.6 Å². The Morgan fingerprint density at radius 3 is 2.18 bits per heavy atom. The van der Waals surface area contributed by atoms with Gasteiger partial charge in [-0.25, -0.2) is 4.39 Å². The van der Waals surface area contributed by atoms with Crippen LogP contribution in [0.2, 0.25) is 0 Å². The number of aryl methyl sites for hydroxylation is 2. The van der Waals surface area contributed by atoms with Crippen LogP contribution in [0.25, 0.3) is 21.9 Å². The van der Waals surface area contributed by atoms with Crippen molar-refractivity contribution in [2.24, 2.45) is 11.8 Å². The molecule has 1 fully saturated rings. The molecule has 0 saturated heterocycles. The van der Waals surface area contributed by atoms with Crippen LogP contribution in [0, 0.1) is 24.6 Å². The van der Waals surface area contributed by atoms with Crippen molar-refractivity contribution in [1.82, 2.24) is 0 Å². The van der Waals surface area contributed by atoms with E-state index >= 15 is 4.39 Å². The summed E-state index contributed by atoms with van der Waals surface area (Å²) >= 11 is 0. The van der Waals surface area contributed by atoms with Crippen LogP contribution in [-0.4, -0.2) is 0 Å². The molecule has 1 saturated carbocycles. The smallest absolute Gasteiger partial charge is 0.138 e. The quantitative estimate of drug-likeness (QED) is 0.273. The number of fused-ring (bicyclic) bond motifs is 1. The molecule has 3 aromatic carbocycles. The zero-order valence-electron chi connectivity index (χ0n) is 20.7. The lowest BCUT2D eigenvalue weighted by Gasteiger charge is -2.28. The van der Waals surface area contributed by atoms with E-state index in [0.29, 0.717) is 5.56 Å². The summed E-state index contributed by atoms with van der Waals surface area (Å²) in [5.74, 6) is 1.75. The molecule has 1 heteroatoms. The van der Waals surface area contributed by atoms with Crippen molar-refractivity contribution in [3.8, 4) is 11.1 Å². The van der Waals surface area contributed by atoms with Crippen LogP contribution >= 0.6 is 0 Å². The molecular formula is C32H41F. The molecule has 1 aliphatic rings. The highest BCUT2D eigenvalue weighted by atomic mass is 19.1. The van der Waals surface area contributed by atoms with Gasteiger partial charge in [-0.05, 0) is 48.1 Å². The van der Waals surface area contributed by atoms with E-state index < -0.39 is 0 Å². The molecule has 0 nitrogen and oxygen atoms in total. The normalized spacial score (nSPS) is 18.6. The van der Waals surface area contributed by atoms with E-state index in [1.165, 1.54) is 81.8 Å². The first kappa shape index (κ1) is 24.0. The summed E-state index contributed by atoms with van der Waals surface area (Å²) in [6, 6.07) is 18.5. The minimum absolute atomic E-state index is 0.101. The Morgan fingerprint density at radius 2 is 1.45 bits per heavy atom.